The molecular weight excluding hydrogens is 564 g/mol. The van der Waals surface area contributed by atoms with Crippen LogP contribution in [0.4, 0.5) is 10.1 Å². The van der Waals surface area contributed by atoms with Crippen molar-refractivity contribution < 1.29 is 55.1 Å². The number of nitrogens with zero attached hydrogens (tertiary/aromatic N) is 3. The number of fused-ring (bicyclic) bond motifs is 1. The van der Waals surface area contributed by atoms with Gasteiger partial charge >= 0.3 is 19.5 Å². The molecule has 1 saturated carbocycles. The van der Waals surface area contributed by atoms with Crippen LogP contribution >= 0.6 is 0 Å². The van der Waals surface area contributed by atoms with Crippen molar-refractivity contribution in [1.82, 2.24) is 4.57 Å². The summed E-state index contributed by atoms with van der Waals surface area (Å²) in [5.74, 6) is -1.91. The van der Waals surface area contributed by atoms with Gasteiger partial charge in [0.25, 0.3) is 0 Å². The van der Waals surface area contributed by atoms with Gasteiger partial charge in [-0.1, -0.05) is 6.92 Å². The van der Waals surface area contributed by atoms with Crippen LogP contribution in [0.3, 0.4) is 0 Å². The number of anilines is 1. The minimum Gasteiger partial charge on any atom is -1.00 e. The van der Waals surface area contributed by atoms with Crippen LogP contribution < -0.4 is 32.6 Å². The maximum Gasteiger partial charge on any atom is 3.00 e. The number of carbonyl (C=O) groups is 1. The number of carboxylic acids is 1. The van der Waals surface area contributed by atoms with E-state index in [1.807, 2.05) is 11.8 Å². The zero-order chi connectivity index (χ0) is 22.9. The smallest absolute Gasteiger partial charge is 1.00 e. The minimum atomic E-state index is -1.56. The largest absolute Gasteiger partial charge is 3.00 e. The first-order chi connectivity index (χ1) is 14.6. The van der Waals surface area contributed by atoms with Gasteiger partial charge in [0.2, 0.25) is 0 Å². The summed E-state index contributed by atoms with van der Waals surface area (Å²) >= 11 is 0. The van der Waals surface area contributed by atoms with E-state index in [-0.39, 0.29) is 55.1 Å². The summed E-state index contributed by atoms with van der Waals surface area (Å²) in [6, 6.07) is 1.25. The molecule has 184 valence electrons. The summed E-state index contributed by atoms with van der Waals surface area (Å²) in [7, 11) is 0.823. The van der Waals surface area contributed by atoms with Crippen molar-refractivity contribution in [2.24, 2.45) is 0 Å². The van der Waals surface area contributed by atoms with Crippen molar-refractivity contribution in [3.05, 3.63) is 39.2 Å². The number of ether oxygens (including phenoxy) is 1. The number of pyridine rings is 1. The molecule has 0 spiro atoms. The van der Waals surface area contributed by atoms with Gasteiger partial charge in [0, 0.05) is 42.1 Å². The fraction of sp³-hybridized carbons (Fsp3) is 0.524. The molecule has 0 amide bonds. The normalized spacial score (nSPS) is 17.5. The van der Waals surface area contributed by atoms with Gasteiger partial charge < -0.3 is 41.8 Å². The summed E-state index contributed by atoms with van der Waals surface area (Å²) in [6.07, 6.45) is 6.30. The molecule has 1 aromatic heterocycles. The fourth-order valence-corrected chi connectivity index (χ4v) is 3.79. The number of halogens is 2. The summed E-state index contributed by atoms with van der Waals surface area (Å²) in [4.78, 5) is 25.9. The molecule has 1 atom stereocenters. The first-order valence-corrected chi connectivity index (χ1v) is 12.0. The number of aromatic nitrogens is 1. The quantitative estimate of drug-likeness (QED) is 0.399. The van der Waals surface area contributed by atoms with Crippen molar-refractivity contribution in [3.8, 4) is 5.75 Å². The number of hydrogen-bond donors (Lipinski definition) is 0. The maximum absolute atomic E-state index is 15.1. The Morgan fingerprint density at radius 3 is 2.42 bits per heavy atom. The molecule has 33 heavy (non-hydrogen) atoms. The van der Waals surface area contributed by atoms with E-state index >= 15 is 4.39 Å². The molecule has 4 rings (SSSR count). The van der Waals surface area contributed by atoms with E-state index in [2.05, 4.69) is 5.32 Å². The molecule has 8 nitrogen and oxygen atoms in total. The van der Waals surface area contributed by atoms with E-state index in [4.69, 9.17) is 4.74 Å². The third-order valence-corrected chi connectivity index (χ3v) is 5.17. The van der Waals surface area contributed by atoms with Gasteiger partial charge in [-0.05, 0) is 25.5 Å². The van der Waals surface area contributed by atoms with Gasteiger partial charge in [-0.25, -0.2) is 4.39 Å². The van der Waals surface area contributed by atoms with Crippen LogP contribution in [-0.4, -0.2) is 60.0 Å². The Bertz CT molecular complexity index is 1090. The Labute approximate surface area is 213 Å². The van der Waals surface area contributed by atoms with Crippen LogP contribution in [0.25, 0.3) is 16.2 Å². The van der Waals surface area contributed by atoms with E-state index in [9.17, 15) is 18.9 Å². The molecule has 1 aliphatic carbocycles. The molecule has 0 bridgehead atoms. The van der Waals surface area contributed by atoms with Crippen LogP contribution in [0.15, 0.2) is 17.1 Å². The predicted octanol–water partition coefficient (Wildman–Crippen LogP) is -1.57. The molecule has 1 aliphatic heterocycles. The van der Waals surface area contributed by atoms with Crippen LogP contribution in [0.2, 0.25) is 0 Å². The molecule has 1 unspecified atom stereocenters. The summed E-state index contributed by atoms with van der Waals surface area (Å²) in [5, 5.41) is 15.8. The van der Waals surface area contributed by atoms with Crippen LogP contribution in [0.5, 0.6) is 5.75 Å². The maximum atomic E-state index is 15.1. The third kappa shape index (κ3) is 6.53. The first kappa shape index (κ1) is 29.5. The van der Waals surface area contributed by atoms with Gasteiger partial charge in [-0.3, -0.25) is 9.00 Å². The minimum absolute atomic E-state index is 0. The zero-order valence-electron chi connectivity index (χ0n) is 18.7. The van der Waals surface area contributed by atoms with Gasteiger partial charge in [0.1, 0.15) is 5.69 Å². The van der Waals surface area contributed by atoms with E-state index in [1.165, 1.54) is 13.3 Å². The Balaban J connectivity index is 0.000000842. The number of rotatable bonds is 4. The van der Waals surface area contributed by atoms with Gasteiger partial charge in [0.15, 0.2) is 17.0 Å². The second-order valence-electron chi connectivity index (χ2n) is 7.88. The molecule has 0 N–H and O–H groups in total. The van der Waals surface area contributed by atoms with Crippen molar-refractivity contribution in [1.29, 1.82) is 0 Å². The number of carbonyl (C=O) groups excluding carboxylic acids is 1. The van der Waals surface area contributed by atoms with Crippen molar-refractivity contribution in [2.75, 3.05) is 44.2 Å². The summed E-state index contributed by atoms with van der Waals surface area (Å²) < 4.78 is 31.9. The van der Waals surface area contributed by atoms with E-state index in [0.29, 0.717) is 30.8 Å². The van der Waals surface area contributed by atoms with E-state index in [1.54, 1.807) is 17.1 Å². The monoisotopic (exact) mass is 589 g/mol. The Morgan fingerprint density at radius 1 is 1.33 bits per heavy atom. The number of methoxy groups -OCH3 is 1. The van der Waals surface area contributed by atoms with E-state index in [0.717, 1.165) is 18.9 Å². The van der Waals surface area contributed by atoms with Crippen molar-refractivity contribution in [2.45, 2.75) is 31.8 Å². The SMILES string of the molecule is COc1c(N2CC[N-]C(C)C2)c(F)cc2c(=O)c(C(=O)[O-])cn(C3CC3)c12.CS(C)=O.[Cl-].[Rh+3]. The molecule has 1 saturated heterocycles. The van der Waals surface area contributed by atoms with Crippen LogP contribution in [0, 0.1) is 5.82 Å². The topological polar surface area (TPSA) is 106 Å². The first-order valence-electron chi connectivity index (χ1n) is 9.99. The van der Waals surface area contributed by atoms with Crippen LogP contribution in [0.1, 0.15) is 36.2 Å². The fourth-order valence-electron chi connectivity index (χ4n) is 3.79. The standard InChI is InChI=1S/C19H21FN3O4.C2H6OS.ClH.Rh/c1-10-8-22(6-5-21-10)16-14(20)7-12-15(18(16)27-2)23(11-3-4-11)9-13(17(12)24)19(25)26;1-4(2)3;;/h7,9-11H,3-6,8H2,1-2H3,(H,25,26);1-2H3;1H;/q-1;;;+3/p-2. The zero-order valence-corrected chi connectivity index (χ0v) is 21.9. The van der Waals surface area contributed by atoms with E-state index < -0.39 is 33.6 Å². The Morgan fingerprint density at radius 2 is 1.94 bits per heavy atom. The average molecular weight is 590 g/mol. The number of benzene rings is 1. The van der Waals surface area contributed by atoms with Crippen molar-refractivity contribution >= 4 is 33.4 Å². The molecule has 0 radical (unpaired) electrons. The van der Waals surface area contributed by atoms with Gasteiger partial charge in [-0.2, -0.15) is 0 Å². The molecular formula is C21H26ClFN3O5RhS. The third-order valence-electron chi connectivity index (χ3n) is 5.17. The number of hydrogen-bond acceptors (Lipinski definition) is 6. The number of piperazine rings is 1. The molecule has 2 heterocycles. The molecule has 1 aromatic carbocycles. The van der Waals surface area contributed by atoms with Crippen LogP contribution in [-0.2, 0) is 30.3 Å². The second-order valence-corrected chi connectivity index (χ2v) is 9.36. The molecule has 2 fully saturated rings. The average Bonchev–Trinajstić information content (AvgIpc) is 3.52. The Hall–Kier alpha value is -1.55. The summed E-state index contributed by atoms with van der Waals surface area (Å²) in [5.41, 5.74) is -0.495. The Kier molecular flexibility index (Phi) is 10.9. The molecule has 2 aromatic rings. The molecule has 2 aliphatic rings. The molecule has 12 heteroatoms. The van der Waals surface area contributed by atoms with Gasteiger partial charge in [-0.15, -0.1) is 12.6 Å². The number of aromatic carboxylic acids is 1. The van der Waals surface area contributed by atoms with Crippen molar-refractivity contribution in [3.63, 3.8) is 0 Å². The summed E-state index contributed by atoms with van der Waals surface area (Å²) in [6.45, 7) is 3.64. The predicted molar refractivity (Wildman–Crippen MR) is 117 cm³/mol. The second kappa shape index (κ2) is 12.2. The number of carboxylic acid groups (broad SMARTS) is 1. The van der Waals surface area contributed by atoms with Gasteiger partial charge in [0.05, 0.1) is 29.5 Å².